The molecule has 0 saturated carbocycles. The third kappa shape index (κ3) is 2.89. The number of nitrogens with one attached hydrogen (secondary N) is 1. The van der Waals surface area contributed by atoms with Crippen molar-refractivity contribution in [3.05, 3.63) is 54.6 Å². The number of nitrogens with zero attached hydrogens (tertiary/aromatic N) is 3. The number of hydroxylamine groups is 1. The Bertz CT molecular complexity index is 786. The van der Waals surface area contributed by atoms with Crippen LogP contribution in [0.4, 0.5) is 0 Å². The summed E-state index contributed by atoms with van der Waals surface area (Å²) in [6, 6.07) is 8.66. The van der Waals surface area contributed by atoms with Crippen molar-refractivity contribution in [2.45, 2.75) is 6.54 Å². The summed E-state index contributed by atoms with van der Waals surface area (Å²) in [6.07, 6.45) is 5.03. The molecule has 2 aromatic heterocycles. The topological polar surface area (TPSA) is 89.3 Å². The molecule has 0 spiro atoms. The second-order valence-electron chi connectivity index (χ2n) is 4.62. The van der Waals surface area contributed by atoms with Crippen LogP contribution >= 0.6 is 0 Å². The zero-order valence-electron chi connectivity index (χ0n) is 11.6. The molecule has 0 aliphatic heterocycles. The van der Waals surface area contributed by atoms with Crippen molar-refractivity contribution in [3.8, 4) is 5.75 Å². The molecule has 112 valence electrons. The molecule has 0 fully saturated rings. The number of fused-ring (bicyclic) bond motifs is 1. The maximum atomic E-state index is 11.5. The largest absolute Gasteiger partial charge is 0.490 e. The molecule has 0 unspecified atom stereocenters. The van der Waals surface area contributed by atoms with E-state index in [0.29, 0.717) is 24.5 Å². The summed E-state index contributed by atoms with van der Waals surface area (Å²) < 4.78 is 7.49. The molecule has 1 amide bonds. The number of benzene rings is 1. The number of carbonyl (C=O) groups is 1. The van der Waals surface area contributed by atoms with Crippen LogP contribution in [0.25, 0.3) is 11.0 Å². The van der Waals surface area contributed by atoms with Gasteiger partial charge in [0.05, 0.1) is 30.1 Å². The van der Waals surface area contributed by atoms with Crippen molar-refractivity contribution in [2.24, 2.45) is 0 Å². The Kier molecular flexibility index (Phi) is 3.97. The highest BCUT2D eigenvalue weighted by Gasteiger charge is 2.08. The average molecular weight is 298 g/mol. The average Bonchev–Trinajstić information content (AvgIpc) is 2.97. The van der Waals surface area contributed by atoms with Gasteiger partial charge >= 0.3 is 0 Å². The Balaban J connectivity index is 1.74. The summed E-state index contributed by atoms with van der Waals surface area (Å²) in [7, 11) is 0. The summed E-state index contributed by atoms with van der Waals surface area (Å²) >= 11 is 0. The standard InChI is InChI=1S/C15H14N4O3/c20-15(18-21)11-3-4-13-14(8-11)19(10-17-13)6-7-22-12-2-1-5-16-9-12/h1-5,8-10,21H,6-7H2,(H,18,20). The smallest absolute Gasteiger partial charge is 0.274 e. The number of hydrogen-bond acceptors (Lipinski definition) is 5. The first-order valence-corrected chi connectivity index (χ1v) is 6.70. The number of carbonyl (C=O) groups excluding carboxylic acids is 1. The monoisotopic (exact) mass is 298 g/mol. The molecule has 1 aromatic carbocycles. The molecule has 3 aromatic rings. The number of rotatable bonds is 5. The minimum atomic E-state index is -0.554. The summed E-state index contributed by atoms with van der Waals surface area (Å²) in [4.78, 5) is 19.7. The molecule has 0 saturated heterocycles. The summed E-state index contributed by atoms with van der Waals surface area (Å²) in [6.45, 7) is 1.03. The molecule has 7 nitrogen and oxygen atoms in total. The lowest BCUT2D eigenvalue weighted by Gasteiger charge is -2.07. The highest BCUT2D eigenvalue weighted by atomic mass is 16.5. The predicted molar refractivity (Wildman–Crippen MR) is 78.7 cm³/mol. The van der Waals surface area contributed by atoms with Crippen LogP contribution in [0.15, 0.2) is 49.1 Å². The molecule has 22 heavy (non-hydrogen) atoms. The SMILES string of the molecule is O=C(NO)c1ccc2ncn(CCOc3cccnc3)c2c1. The van der Waals surface area contributed by atoms with Crippen LogP contribution < -0.4 is 10.2 Å². The van der Waals surface area contributed by atoms with Crippen molar-refractivity contribution >= 4 is 16.9 Å². The van der Waals surface area contributed by atoms with E-state index in [1.807, 2.05) is 16.7 Å². The molecule has 0 aliphatic carbocycles. The normalized spacial score (nSPS) is 10.6. The van der Waals surface area contributed by atoms with Gasteiger partial charge in [-0.3, -0.25) is 15.0 Å². The van der Waals surface area contributed by atoms with Crippen LogP contribution in [0.1, 0.15) is 10.4 Å². The molecule has 2 N–H and O–H groups in total. The van der Waals surface area contributed by atoms with Crippen molar-refractivity contribution < 1.29 is 14.7 Å². The number of hydrogen-bond donors (Lipinski definition) is 2. The number of pyridine rings is 1. The van der Waals surface area contributed by atoms with Crippen molar-refractivity contribution in [1.29, 1.82) is 0 Å². The van der Waals surface area contributed by atoms with Gasteiger partial charge in [0, 0.05) is 11.8 Å². The molecule has 0 radical (unpaired) electrons. The Morgan fingerprint density at radius 2 is 2.27 bits per heavy atom. The van der Waals surface area contributed by atoms with Gasteiger partial charge < -0.3 is 9.30 Å². The molecule has 7 heteroatoms. The molecule has 0 atom stereocenters. The Morgan fingerprint density at radius 3 is 3.05 bits per heavy atom. The summed E-state index contributed by atoms with van der Waals surface area (Å²) in [5.41, 5.74) is 3.56. The molecule has 3 rings (SSSR count). The lowest BCUT2D eigenvalue weighted by Crippen LogP contribution is -2.18. The highest BCUT2D eigenvalue weighted by molar-refractivity contribution is 5.96. The van der Waals surface area contributed by atoms with Crippen LogP contribution in [0.5, 0.6) is 5.75 Å². The van der Waals surface area contributed by atoms with Gasteiger partial charge in [-0.25, -0.2) is 10.5 Å². The van der Waals surface area contributed by atoms with E-state index in [9.17, 15) is 4.79 Å². The van der Waals surface area contributed by atoms with Gasteiger partial charge in [0.1, 0.15) is 12.4 Å². The van der Waals surface area contributed by atoms with E-state index in [-0.39, 0.29) is 0 Å². The third-order valence-electron chi connectivity index (χ3n) is 3.22. The summed E-state index contributed by atoms with van der Waals surface area (Å²) in [5.74, 6) is 0.147. The Labute approximate surface area is 126 Å². The maximum Gasteiger partial charge on any atom is 0.274 e. The zero-order chi connectivity index (χ0) is 15.4. The van der Waals surface area contributed by atoms with Gasteiger partial charge in [-0.15, -0.1) is 0 Å². The first-order valence-electron chi connectivity index (χ1n) is 6.70. The Hall–Kier alpha value is -2.93. The van der Waals surface area contributed by atoms with Gasteiger partial charge in [-0.2, -0.15) is 0 Å². The van der Waals surface area contributed by atoms with Crippen molar-refractivity contribution in [3.63, 3.8) is 0 Å². The predicted octanol–water partition coefficient (Wildman–Crippen LogP) is 1.63. The van der Waals surface area contributed by atoms with Crippen LogP contribution in [0, 0.1) is 0 Å². The summed E-state index contributed by atoms with van der Waals surface area (Å²) in [5, 5.41) is 8.70. The molecule has 0 bridgehead atoms. The second kappa shape index (κ2) is 6.23. The van der Waals surface area contributed by atoms with E-state index in [1.165, 1.54) is 0 Å². The quantitative estimate of drug-likeness (QED) is 0.552. The molecular weight excluding hydrogens is 284 g/mol. The fourth-order valence-corrected chi connectivity index (χ4v) is 2.14. The molecule has 2 heterocycles. The van der Waals surface area contributed by atoms with Crippen LogP contribution in [-0.4, -0.2) is 32.3 Å². The minimum absolute atomic E-state index is 0.366. The number of ether oxygens (including phenoxy) is 1. The highest BCUT2D eigenvalue weighted by Crippen LogP contribution is 2.15. The van der Waals surface area contributed by atoms with Crippen molar-refractivity contribution in [2.75, 3.05) is 6.61 Å². The molecular formula is C15H14N4O3. The first kappa shape index (κ1) is 14.0. The van der Waals surface area contributed by atoms with Crippen LogP contribution in [0.3, 0.4) is 0 Å². The lowest BCUT2D eigenvalue weighted by molar-refractivity contribution is 0.0706. The van der Waals surface area contributed by atoms with Gasteiger partial charge in [0.15, 0.2) is 0 Å². The lowest BCUT2D eigenvalue weighted by atomic mass is 10.2. The van der Waals surface area contributed by atoms with Gasteiger partial charge in [0.25, 0.3) is 5.91 Å². The van der Waals surface area contributed by atoms with E-state index in [0.717, 1.165) is 11.0 Å². The van der Waals surface area contributed by atoms with Gasteiger partial charge in [0.2, 0.25) is 0 Å². The van der Waals surface area contributed by atoms with Crippen LogP contribution in [0.2, 0.25) is 0 Å². The van der Waals surface area contributed by atoms with E-state index < -0.39 is 5.91 Å². The van der Waals surface area contributed by atoms with E-state index in [1.54, 1.807) is 42.4 Å². The number of imidazole rings is 1. The first-order chi connectivity index (χ1) is 10.8. The second-order valence-corrected chi connectivity index (χ2v) is 4.62. The zero-order valence-corrected chi connectivity index (χ0v) is 11.6. The maximum absolute atomic E-state index is 11.5. The molecule has 0 aliphatic rings. The fourth-order valence-electron chi connectivity index (χ4n) is 2.14. The van der Waals surface area contributed by atoms with Gasteiger partial charge in [-0.05, 0) is 30.3 Å². The third-order valence-corrected chi connectivity index (χ3v) is 3.22. The van der Waals surface area contributed by atoms with Crippen molar-refractivity contribution in [1.82, 2.24) is 20.0 Å². The van der Waals surface area contributed by atoms with E-state index in [2.05, 4.69) is 9.97 Å². The van der Waals surface area contributed by atoms with E-state index >= 15 is 0 Å². The van der Waals surface area contributed by atoms with Gasteiger partial charge in [-0.1, -0.05) is 0 Å². The van der Waals surface area contributed by atoms with Crippen LogP contribution in [-0.2, 0) is 6.54 Å². The number of amides is 1. The number of aromatic nitrogens is 3. The Morgan fingerprint density at radius 1 is 1.36 bits per heavy atom. The van der Waals surface area contributed by atoms with E-state index in [4.69, 9.17) is 9.94 Å². The minimum Gasteiger partial charge on any atom is -0.490 e. The fraction of sp³-hybridized carbons (Fsp3) is 0.133.